The van der Waals surface area contributed by atoms with Gasteiger partial charge in [-0.1, -0.05) is 0 Å². The highest BCUT2D eigenvalue weighted by molar-refractivity contribution is 7.89. The van der Waals surface area contributed by atoms with Gasteiger partial charge in [0.15, 0.2) is 0 Å². The molecule has 1 saturated heterocycles. The lowest BCUT2D eigenvalue weighted by Crippen LogP contribution is -2.35. The Morgan fingerprint density at radius 2 is 2.05 bits per heavy atom. The van der Waals surface area contributed by atoms with Crippen LogP contribution in [-0.4, -0.2) is 44.6 Å². The van der Waals surface area contributed by atoms with Gasteiger partial charge in [0.2, 0.25) is 10.0 Å². The van der Waals surface area contributed by atoms with Gasteiger partial charge >= 0.3 is 0 Å². The van der Waals surface area contributed by atoms with Crippen LogP contribution in [0.15, 0.2) is 29.2 Å². The Labute approximate surface area is 113 Å². The summed E-state index contributed by atoms with van der Waals surface area (Å²) >= 11 is 0. The van der Waals surface area contributed by atoms with Crippen molar-refractivity contribution in [2.75, 3.05) is 26.8 Å². The zero-order valence-corrected chi connectivity index (χ0v) is 11.8. The molecule has 106 valence electrons. The molecule has 1 unspecified atom stereocenters. The maximum Gasteiger partial charge on any atom is 0.242 e. The van der Waals surface area contributed by atoms with Crippen LogP contribution in [0.4, 0.5) is 0 Å². The molecule has 1 aliphatic rings. The molecule has 19 heavy (non-hydrogen) atoms. The molecule has 1 N–H and O–H groups in total. The quantitative estimate of drug-likeness (QED) is 0.909. The number of rotatable bonds is 4. The summed E-state index contributed by atoms with van der Waals surface area (Å²) in [5.41, 5.74) is 0. The molecule has 1 aromatic rings. The molecule has 0 saturated carbocycles. The number of phenols is 1. The SMILES string of the molecule is CN(CC1CCCOC1)S(=O)(=O)c1ccc(O)cc1. The van der Waals surface area contributed by atoms with Crippen molar-refractivity contribution in [3.05, 3.63) is 24.3 Å². The Bertz CT molecular complexity index is 506. The number of hydrogen-bond acceptors (Lipinski definition) is 4. The predicted octanol–water partition coefficient (Wildman–Crippen LogP) is 1.44. The third-order valence-electron chi connectivity index (χ3n) is 3.31. The molecule has 0 aromatic heterocycles. The van der Waals surface area contributed by atoms with E-state index in [0.717, 1.165) is 19.4 Å². The van der Waals surface area contributed by atoms with Crippen LogP contribution >= 0.6 is 0 Å². The summed E-state index contributed by atoms with van der Waals surface area (Å²) in [6.07, 6.45) is 1.98. The Kier molecular flexibility index (Phi) is 4.44. The van der Waals surface area contributed by atoms with Crippen LogP contribution in [0.1, 0.15) is 12.8 Å². The molecule has 0 bridgehead atoms. The summed E-state index contributed by atoms with van der Waals surface area (Å²) in [6, 6.07) is 5.59. The summed E-state index contributed by atoms with van der Waals surface area (Å²) in [7, 11) is -1.91. The van der Waals surface area contributed by atoms with Crippen molar-refractivity contribution in [1.29, 1.82) is 0 Å². The minimum Gasteiger partial charge on any atom is -0.508 e. The van der Waals surface area contributed by atoms with Crippen LogP contribution in [0.25, 0.3) is 0 Å². The Hall–Kier alpha value is -1.11. The first-order valence-corrected chi connectivity index (χ1v) is 7.77. The second-order valence-corrected chi connectivity index (χ2v) is 6.91. The fourth-order valence-corrected chi connectivity index (χ4v) is 3.46. The van der Waals surface area contributed by atoms with Gasteiger partial charge in [0, 0.05) is 20.2 Å². The zero-order chi connectivity index (χ0) is 13.9. The number of benzene rings is 1. The van der Waals surface area contributed by atoms with Crippen LogP contribution in [-0.2, 0) is 14.8 Å². The zero-order valence-electron chi connectivity index (χ0n) is 10.9. The van der Waals surface area contributed by atoms with Crippen molar-refractivity contribution in [3.63, 3.8) is 0 Å². The van der Waals surface area contributed by atoms with E-state index >= 15 is 0 Å². The average molecular weight is 285 g/mol. The highest BCUT2D eigenvalue weighted by atomic mass is 32.2. The van der Waals surface area contributed by atoms with Crippen molar-refractivity contribution in [2.24, 2.45) is 5.92 Å². The maximum atomic E-state index is 12.3. The summed E-state index contributed by atoms with van der Waals surface area (Å²) in [6.45, 7) is 1.85. The van der Waals surface area contributed by atoms with Crippen LogP contribution < -0.4 is 0 Å². The minimum absolute atomic E-state index is 0.0577. The highest BCUT2D eigenvalue weighted by Gasteiger charge is 2.24. The minimum atomic E-state index is -3.49. The number of phenolic OH excluding ortho intramolecular Hbond substituents is 1. The van der Waals surface area contributed by atoms with Crippen LogP contribution in [0.2, 0.25) is 0 Å². The summed E-state index contributed by atoms with van der Waals surface area (Å²) < 4.78 is 31.4. The lowest BCUT2D eigenvalue weighted by molar-refractivity contribution is 0.0495. The third kappa shape index (κ3) is 3.46. The lowest BCUT2D eigenvalue weighted by Gasteiger charge is -2.26. The van der Waals surface area contributed by atoms with E-state index in [0.29, 0.717) is 13.2 Å². The second-order valence-electron chi connectivity index (χ2n) is 4.86. The van der Waals surface area contributed by atoms with E-state index in [9.17, 15) is 13.5 Å². The molecule has 1 aromatic carbocycles. The molecule has 0 spiro atoms. The molecule has 0 amide bonds. The highest BCUT2D eigenvalue weighted by Crippen LogP contribution is 2.21. The normalized spacial score (nSPS) is 20.6. The van der Waals surface area contributed by atoms with Crippen molar-refractivity contribution in [1.82, 2.24) is 4.31 Å². The molecule has 5 nitrogen and oxygen atoms in total. The first-order chi connectivity index (χ1) is 9.00. The first kappa shape index (κ1) is 14.3. The summed E-state index contributed by atoms with van der Waals surface area (Å²) in [5, 5.41) is 9.20. The smallest absolute Gasteiger partial charge is 0.242 e. The predicted molar refractivity (Wildman–Crippen MR) is 71.5 cm³/mol. The number of nitrogens with zero attached hydrogens (tertiary/aromatic N) is 1. The fourth-order valence-electron chi connectivity index (χ4n) is 2.21. The van der Waals surface area contributed by atoms with Gasteiger partial charge in [-0.3, -0.25) is 0 Å². The van der Waals surface area contributed by atoms with E-state index in [1.54, 1.807) is 7.05 Å². The molecular weight excluding hydrogens is 266 g/mol. The van der Waals surface area contributed by atoms with Crippen LogP contribution in [0, 0.1) is 5.92 Å². The topological polar surface area (TPSA) is 66.8 Å². The van der Waals surface area contributed by atoms with Gasteiger partial charge in [-0.15, -0.1) is 0 Å². The van der Waals surface area contributed by atoms with Gasteiger partial charge in [-0.05, 0) is 43.0 Å². The lowest BCUT2D eigenvalue weighted by atomic mass is 10.0. The number of ether oxygens (including phenoxy) is 1. The summed E-state index contributed by atoms with van der Waals surface area (Å²) in [5.74, 6) is 0.313. The standard InChI is InChI=1S/C13H19NO4S/c1-14(9-11-3-2-8-18-10-11)19(16,17)13-6-4-12(15)5-7-13/h4-7,11,15H,2-3,8-10H2,1H3. The molecule has 2 rings (SSSR count). The Morgan fingerprint density at radius 3 is 2.63 bits per heavy atom. The number of sulfonamides is 1. The largest absolute Gasteiger partial charge is 0.508 e. The van der Waals surface area contributed by atoms with Crippen LogP contribution in [0.3, 0.4) is 0 Å². The summed E-state index contributed by atoms with van der Waals surface area (Å²) in [4.78, 5) is 0.199. The van der Waals surface area contributed by atoms with E-state index in [2.05, 4.69) is 0 Å². The molecule has 1 heterocycles. The van der Waals surface area contributed by atoms with E-state index in [1.165, 1.54) is 28.6 Å². The maximum absolute atomic E-state index is 12.3. The fraction of sp³-hybridized carbons (Fsp3) is 0.538. The van der Waals surface area contributed by atoms with E-state index in [4.69, 9.17) is 4.74 Å². The van der Waals surface area contributed by atoms with Crippen LogP contribution in [0.5, 0.6) is 5.75 Å². The molecular formula is C13H19NO4S. The monoisotopic (exact) mass is 285 g/mol. The van der Waals surface area contributed by atoms with Gasteiger partial charge < -0.3 is 9.84 Å². The number of aromatic hydroxyl groups is 1. The molecule has 1 fully saturated rings. The van der Waals surface area contributed by atoms with E-state index in [-0.39, 0.29) is 16.6 Å². The van der Waals surface area contributed by atoms with Gasteiger partial charge in [-0.2, -0.15) is 0 Å². The second kappa shape index (κ2) is 5.90. The van der Waals surface area contributed by atoms with E-state index in [1.807, 2.05) is 0 Å². The van der Waals surface area contributed by atoms with Crippen molar-refractivity contribution in [3.8, 4) is 5.75 Å². The molecule has 6 heteroatoms. The molecule has 1 atom stereocenters. The molecule has 1 aliphatic heterocycles. The Balaban J connectivity index is 2.07. The van der Waals surface area contributed by atoms with Crippen molar-refractivity contribution < 1.29 is 18.3 Å². The van der Waals surface area contributed by atoms with Gasteiger partial charge in [0.25, 0.3) is 0 Å². The van der Waals surface area contributed by atoms with Gasteiger partial charge in [0.05, 0.1) is 11.5 Å². The van der Waals surface area contributed by atoms with E-state index < -0.39 is 10.0 Å². The van der Waals surface area contributed by atoms with Gasteiger partial charge in [0.1, 0.15) is 5.75 Å². The Morgan fingerprint density at radius 1 is 1.37 bits per heavy atom. The third-order valence-corrected chi connectivity index (χ3v) is 5.15. The molecule has 0 radical (unpaired) electrons. The number of hydrogen-bond donors (Lipinski definition) is 1. The van der Waals surface area contributed by atoms with Crippen molar-refractivity contribution in [2.45, 2.75) is 17.7 Å². The first-order valence-electron chi connectivity index (χ1n) is 6.33. The average Bonchev–Trinajstić information content (AvgIpc) is 2.40. The molecule has 0 aliphatic carbocycles. The van der Waals surface area contributed by atoms with Gasteiger partial charge in [-0.25, -0.2) is 12.7 Å². The van der Waals surface area contributed by atoms with Crippen molar-refractivity contribution >= 4 is 10.0 Å².